The van der Waals surface area contributed by atoms with E-state index in [-0.39, 0.29) is 34.6 Å². The third kappa shape index (κ3) is 4.39. The molecule has 6 heteroatoms. The van der Waals surface area contributed by atoms with Gasteiger partial charge in [0, 0.05) is 12.2 Å². The largest absolute Gasteiger partial charge is 0.389 e. The van der Waals surface area contributed by atoms with Crippen molar-refractivity contribution in [2.75, 3.05) is 0 Å². The lowest BCUT2D eigenvalue weighted by Gasteiger charge is -2.16. The average molecular weight is 307 g/mol. The molecule has 0 aromatic carbocycles. The standard InChI is InChI=1S/C15H21N3O2S/c16-14(21)12-8-5-9-18(15(12)20)10-13(19)17-11-6-3-1-2-4-7-11/h5,8-9,11H,1-4,6-7,10H2,(H2,16,21)(H,17,19). The summed E-state index contributed by atoms with van der Waals surface area (Å²) in [7, 11) is 0. The van der Waals surface area contributed by atoms with Crippen molar-refractivity contribution in [3.63, 3.8) is 0 Å². The zero-order valence-electron chi connectivity index (χ0n) is 12.0. The summed E-state index contributed by atoms with van der Waals surface area (Å²) in [5.74, 6) is -0.135. The van der Waals surface area contributed by atoms with Gasteiger partial charge in [0.05, 0.1) is 5.56 Å². The number of thiocarbonyl (C=S) groups is 1. The summed E-state index contributed by atoms with van der Waals surface area (Å²) >= 11 is 4.83. The van der Waals surface area contributed by atoms with Gasteiger partial charge in [-0.2, -0.15) is 0 Å². The zero-order valence-corrected chi connectivity index (χ0v) is 12.8. The normalized spacial score (nSPS) is 16.2. The van der Waals surface area contributed by atoms with Gasteiger partial charge in [-0.3, -0.25) is 9.59 Å². The minimum absolute atomic E-state index is 0.00574. The number of carbonyl (C=O) groups is 1. The second-order valence-electron chi connectivity index (χ2n) is 5.48. The molecule has 0 atom stereocenters. The Bertz CT molecular complexity index is 575. The minimum atomic E-state index is -0.319. The van der Waals surface area contributed by atoms with Gasteiger partial charge in [0.15, 0.2) is 0 Å². The van der Waals surface area contributed by atoms with Gasteiger partial charge in [-0.05, 0) is 25.0 Å². The molecule has 1 aromatic heterocycles. The number of rotatable bonds is 4. The molecule has 1 amide bonds. The van der Waals surface area contributed by atoms with Gasteiger partial charge < -0.3 is 15.6 Å². The van der Waals surface area contributed by atoms with Crippen molar-refractivity contribution < 1.29 is 4.79 Å². The summed E-state index contributed by atoms with van der Waals surface area (Å²) < 4.78 is 1.35. The number of nitrogens with two attached hydrogens (primary N) is 1. The van der Waals surface area contributed by atoms with E-state index in [1.807, 2.05) is 0 Å². The molecule has 0 spiro atoms. The Hall–Kier alpha value is -1.69. The second kappa shape index (κ2) is 7.36. The lowest BCUT2D eigenvalue weighted by Crippen LogP contribution is -2.39. The maximum atomic E-state index is 12.1. The fourth-order valence-corrected chi connectivity index (χ4v) is 2.86. The number of hydrogen-bond donors (Lipinski definition) is 2. The summed E-state index contributed by atoms with van der Waals surface area (Å²) in [6, 6.07) is 3.48. The fraction of sp³-hybridized carbons (Fsp3) is 0.533. The molecule has 114 valence electrons. The fourth-order valence-electron chi connectivity index (χ4n) is 2.70. The van der Waals surface area contributed by atoms with Gasteiger partial charge in [-0.1, -0.05) is 37.9 Å². The van der Waals surface area contributed by atoms with Crippen LogP contribution in [0.15, 0.2) is 23.1 Å². The molecule has 0 aliphatic heterocycles. The molecule has 0 bridgehead atoms. The predicted molar refractivity (Wildman–Crippen MR) is 86.2 cm³/mol. The van der Waals surface area contributed by atoms with E-state index in [0.717, 1.165) is 25.7 Å². The van der Waals surface area contributed by atoms with Crippen LogP contribution in [0.3, 0.4) is 0 Å². The molecule has 1 aromatic rings. The quantitative estimate of drug-likeness (QED) is 0.650. The molecule has 1 fully saturated rings. The molecule has 2 rings (SSSR count). The van der Waals surface area contributed by atoms with Crippen LogP contribution in [0.2, 0.25) is 0 Å². The highest BCUT2D eigenvalue weighted by Crippen LogP contribution is 2.17. The highest BCUT2D eigenvalue weighted by Gasteiger charge is 2.15. The summed E-state index contributed by atoms with van der Waals surface area (Å²) in [5, 5.41) is 3.02. The molecule has 21 heavy (non-hydrogen) atoms. The van der Waals surface area contributed by atoms with Crippen molar-refractivity contribution in [1.29, 1.82) is 0 Å². The number of nitrogens with zero attached hydrogens (tertiary/aromatic N) is 1. The Labute approximate surface area is 129 Å². The van der Waals surface area contributed by atoms with Crippen molar-refractivity contribution in [3.8, 4) is 0 Å². The van der Waals surface area contributed by atoms with Gasteiger partial charge in [-0.15, -0.1) is 0 Å². The molecule has 1 aliphatic carbocycles. The monoisotopic (exact) mass is 307 g/mol. The smallest absolute Gasteiger partial charge is 0.261 e. The first-order valence-corrected chi connectivity index (χ1v) is 7.77. The SMILES string of the molecule is NC(=S)c1cccn(CC(=O)NC2CCCCCC2)c1=O. The van der Waals surface area contributed by atoms with Gasteiger partial charge in [0.2, 0.25) is 5.91 Å². The van der Waals surface area contributed by atoms with Crippen molar-refractivity contribution in [1.82, 2.24) is 9.88 Å². The number of amides is 1. The van der Waals surface area contributed by atoms with Crippen molar-refractivity contribution in [3.05, 3.63) is 34.2 Å². The van der Waals surface area contributed by atoms with Crippen LogP contribution in [-0.2, 0) is 11.3 Å². The lowest BCUT2D eigenvalue weighted by atomic mass is 10.1. The number of nitrogens with one attached hydrogen (secondary N) is 1. The van der Waals surface area contributed by atoms with Crippen LogP contribution in [-0.4, -0.2) is 21.5 Å². The summed E-state index contributed by atoms with van der Waals surface area (Å²) in [6.07, 6.45) is 8.41. The van der Waals surface area contributed by atoms with E-state index in [0.29, 0.717) is 0 Å². The highest BCUT2D eigenvalue weighted by molar-refractivity contribution is 7.80. The number of carbonyl (C=O) groups excluding carboxylic acids is 1. The molecule has 1 heterocycles. The number of hydrogen-bond acceptors (Lipinski definition) is 3. The van der Waals surface area contributed by atoms with E-state index in [2.05, 4.69) is 5.32 Å². The summed E-state index contributed by atoms with van der Waals surface area (Å²) in [4.78, 5) is 24.3. The third-order valence-corrected chi connectivity index (χ3v) is 4.04. The average Bonchev–Trinajstić information content (AvgIpc) is 2.69. The van der Waals surface area contributed by atoms with Crippen LogP contribution in [0.1, 0.15) is 44.1 Å². The van der Waals surface area contributed by atoms with Gasteiger partial charge in [0.25, 0.3) is 5.56 Å². The van der Waals surface area contributed by atoms with Gasteiger partial charge >= 0.3 is 0 Å². The van der Waals surface area contributed by atoms with Gasteiger partial charge in [-0.25, -0.2) is 0 Å². The van der Waals surface area contributed by atoms with E-state index in [1.165, 1.54) is 17.4 Å². The van der Waals surface area contributed by atoms with E-state index < -0.39 is 0 Å². The molecule has 0 unspecified atom stereocenters. The van der Waals surface area contributed by atoms with Crippen LogP contribution in [0.25, 0.3) is 0 Å². The molecular formula is C15H21N3O2S. The van der Waals surface area contributed by atoms with Gasteiger partial charge in [0.1, 0.15) is 11.5 Å². The van der Waals surface area contributed by atoms with E-state index in [4.69, 9.17) is 18.0 Å². The minimum Gasteiger partial charge on any atom is -0.389 e. The molecule has 1 aliphatic rings. The number of pyridine rings is 1. The first-order valence-electron chi connectivity index (χ1n) is 7.36. The topological polar surface area (TPSA) is 77.1 Å². The lowest BCUT2D eigenvalue weighted by molar-refractivity contribution is -0.122. The Kier molecular flexibility index (Phi) is 5.50. The van der Waals surface area contributed by atoms with Crippen LogP contribution in [0, 0.1) is 0 Å². The van der Waals surface area contributed by atoms with Crippen LogP contribution >= 0.6 is 12.2 Å². The van der Waals surface area contributed by atoms with E-state index in [9.17, 15) is 9.59 Å². The zero-order chi connectivity index (χ0) is 15.2. The summed E-state index contributed by atoms with van der Waals surface area (Å²) in [5.41, 5.74) is 5.45. The molecular weight excluding hydrogens is 286 g/mol. The molecule has 1 saturated carbocycles. The van der Waals surface area contributed by atoms with Crippen LogP contribution < -0.4 is 16.6 Å². The maximum absolute atomic E-state index is 12.1. The first kappa shape index (κ1) is 15.7. The van der Waals surface area contributed by atoms with Crippen LogP contribution in [0.4, 0.5) is 0 Å². The molecule has 0 radical (unpaired) electrons. The Morgan fingerprint density at radius 3 is 2.62 bits per heavy atom. The Morgan fingerprint density at radius 2 is 2.00 bits per heavy atom. The first-order chi connectivity index (χ1) is 10.1. The van der Waals surface area contributed by atoms with E-state index in [1.54, 1.807) is 18.3 Å². The maximum Gasteiger partial charge on any atom is 0.261 e. The molecule has 5 nitrogen and oxygen atoms in total. The number of aromatic nitrogens is 1. The molecule has 3 N–H and O–H groups in total. The van der Waals surface area contributed by atoms with Crippen molar-refractivity contribution in [2.45, 2.75) is 51.1 Å². The third-order valence-electron chi connectivity index (χ3n) is 3.82. The van der Waals surface area contributed by atoms with Crippen molar-refractivity contribution in [2.24, 2.45) is 5.73 Å². The highest BCUT2D eigenvalue weighted by atomic mass is 32.1. The summed E-state index contributed by atoms with van der Waals surface area (Å²) in [6.45, 7) is 0.00574. The van der Waals surface area contributed by atoms with Crippen molar-refractivity contribution >= 4 is 23.1 Å². The van der Waals surface area contributed by atoms with E-state index >= 15 is 0 Å². The predicted octanol–water partition coefficient (Wildman–Crippen LogP) is 1.32. The Balaban J connectivity index is 2.01. The molecule has 0 saturated heterocycles. The van der Waals surface area contributed by atoms with Crippen LogP contribution in [0.5, 0.6) is 0 Å². The Morgan fingerprint density at radius 1 is 1.33 bits per heavy atom. The second-order valence-corrected chi connectivity index (χ2v) is 5.91.